The van der Waals surface area contributed by atoms with Crippen LogP contribution in [0.2, 0.25) is 0 Å². The van der Waals surface area contributed by atoms with Crippen LogP contribution < -0.4 is 10.2 Å². The minimum atomic E-state index is -0.395. The Hall–Kier alpha value is -2.54. The van der Waals surface area contributed by atoms with E-state index in [4.69, 9.17) is 9.73 Å². The molecule has 0 unspecified atom stereocenters. The second-order valence-corrected chi connectivity index (χ2v) is 7.06. The van der Waals surface area contributed by atoms with Gasteiger partial charge in [-0.05, 0) is 25.0 Å². The first-order valence-corrected chi connectivity index (χ1v) is 10.5. The third kappa shape index (κ3) is 7.86. The van der Waals surface area contributed by atoms with Crippen LogP contribution in [0.1, 0.15) is 18.9 Å². The minimum Gasteiger partial charge on any atom is -0.382 e. The van der Waals surface area contributed by atoms with Crippen LogP contribution >= 0.6 is 24.0 Å². The largest absolute Gasteiger partial charge is 0.382 e. The number of rotatable bonds is 9. The SMILES string of the molecule is CCOCCCNC(=NCc1ccc([N+](=O)[O-])cc1)N1CCN(c2ncccn2)CC1.I. The Bertz CT molecular complexity index is 844. The molecular formula is C21H30IN7O3. The lowest BCUT2D eigenvalue weighted by Gasteiger charge is -2.36. The summed E-state index contributed by atoms with van der Waals surface area (Å²) in [4.78, 5) is 28.3. The zero-order valence-corrected chi connectivity index (χ0v) is 20.6. The molecule has 1 aromatic heterocycles. The molecule has 0 aliphatic carbocycles. The standard InChI is InChI=1S/C21H29N7O3.HI/c1-2-31-16-4-11-24-21(25-17-18-5-7-19(8-6-18)28(29)30)27-14-12-26(13-15-27)20-22-9-3-10-23-20;/h3,5-10H,2,4,11-17H2,1H3,(H,24,25);1H. The van der Waals surface area contributed by atoms with Crippen molar-refractivity contribution in [1.82, 2.24) is 20.2 Å². The van der Waals surface area contributed by atoms with Gasteiger partial charge in [0, 0.05) is 70.5 Å². The molecule has 0 atom stereocenters. The normalized spacial score (nSPS) is 14.1. The molecule has 1 saturated heterocycles. The van der Waals surface area contributed by atoms with E-state index in [0.29, 0.717) is 19.8 Å². The first-order valence-electron chi connectivity index (χ1n) is 10.5. The molecule has 174 valence electrons. The van der Waals surface area contributed by atoms with Crippen LogP contribution in [0, 0.1) is 10.1 Å². The van der Waals surface area contributed by atoms with E-state index in [1.54, 1.807) is 24.5 Å². The zero-order valence-electron chi connectivity index (χ0n) is 18.2. The molecule has 1 fully saturated rings. The van der Waals surface area contributed by atoms with Crippen molar-refractivity contribution in [2.24, 2.45) is 4.99 Å². The number of nitro groups is 1. The number of hydrogen-bond donors (Lipinski definition) is 1. The number of non-ortho nitro benzene ring substituents is 1. The summed E-state index contributed by atoms with van der Waals surface area (Å²) in [5.74, 6) is 1.58. The summed E-state index contributed by atoms with van der Waals surface area (Å²) in [5, 5.41) is 14.3. The highest BCUT2D eigenvalue weighted by Gasteiger charge is 2.21. The summed E-state index contributed by atoms with van der Waals surface area (Å²) in [6.07, 6.45) is 4.40. The fourth-order valence-corrected chi connectivity index (χ4v) is 3.25. The smallest absolute Gasteiger partial charge is 0.269 e. The molecule has 0 amide bonds. The monoisotopic (exact) mass is 555 g/mol. The first-order chi connectivity index (χ1) is 15.2. The van der Waals surface area contributed by atoms with Gasteiger partial charge in [-0.1, -0.05) is 12.1 Å². The second kappa shape index (κ2) is 13.8. The number of halogens is 1. The van der Waals surface area contributed by atoms with Crippen molar-refractivity contribution in [1.29, 1.82) is 0 Å². The van der Waals surface area contributed by atoms with E-state index in [2.05, 4.69) is 25.1 Å². The number of nitrogens with one attached hydrogen (secondary N) is 1. The molecule has 1 aromatic carbocycles. The van der Waals surface area contributed by atoms with E-state index in [1.807, 2.05) is 13.0 Å². The number of nitro benzene ring substituents is 1. The van der Waals surface area contributed by atoms with E-state index in [0.717, 1.165) is 56.6 Å². The van der Waals surface area contributed by atoms with Gasteiger partial charge in [-0.3, -0.25) is 10.1 Å². The van der Waals surface area contributed by atoms with Gasteiger partial charge in [0.05, 0.1) is 11.5 Å². The third-order valence-corrected chi connectivity index (χ3v) is 4.93. The molecule has 0 radical (unpaired) electrons. The van der Waals surface area contributed by atoms with Crippen molar-refractivity contribution in [3.05, 3.63) is 58.4 Å². The van der Waals surface area contributed by atoms with Crippen LogP contribution in [0.15, 0.2) is 47.7 Å². The van der Waals surface area contributed by atoms with Crippen LogP contribution in [0.4, 0.5) is 11.6 Å². The lowest BCUT2D eigenvalue weighted by atomic mass is 10.2. The van der Waals surface area contributed by atoms with Crippen molar-refractivity contribution in [2.45, 2.75) is 19.9 Å². The summed E-state index contributed by atoms with van der Waals surface area (Å²) >= 11 is 0. The van der Waals surface area contributed by atoms with Crippen molar-refractivity contribution < 1.29 is 9.66 Å². The van der Waals surface area contributed by atoms with Gasteiger partial charge in [0.15, 0.2) is 5.96 Å². The predicted octanol–water partition coefficient (Wildman–Crippen LogP) is 2.70. The molecule has 1 N–H and O–H groups in total. The summed E-state index contributed by atoms with van der Waals surface area (Å²) < 4.78 is 5.41. The molecule has 10 nitrogen and oxygen atoms in total. The Morgan fingerprint density at radius 3 is 2.50 bits per heavy atom. The number of aliphatic imine (C=N–C) groups is 1. The van der Waals surface area contributed by atoms with Crippen molar-refractivity contribution >= 4 is 41.6 Å². The lowest BCUT2D eigenvalue weighted by Crippen LogP contribution is -2.53. The van der Waals surface area contributed by atoms with Crippen LogP contribution in [-0.2, 0) is 11.3 Å². The molecule has 1 aliphatic heterocycles. The van der Waals surface area contributed by atoms with Gasteiger partial charge in [0.1, 0.15) is 0 Å². The maximum Gasteiger partial charge on any atom is 0.269 e. The van der Waals surface area contributed by atoms with Crippen LogP contribution in [0.25, 0.3) is 0 Å². The molecule has 0 spiro atoms. The summed E-state index contributed by atoms with van der Waals surface area (Å²) in [6, 6.07) is 8.34. The maximum atomic E-state index is 10.8. The Balaban J connectivity index is 0.00000363. The molecular weight excluding hydrogens is 525 g/mol. The average Bonchev–Trinajstić information content (AvgIpc) is 2.82. The Labute approximate surface area is 205 Å². The lowest BCUT2D eigenvalue weighted by molar-refractivity contribution is -0.384. The van der Waals surface area contributed by atoms with Gasteiger partial charge in [-0.25, -0.2) is 15.0 Å². The first kappa shape index (κ1) is 25.7. The number of hydrogen-bond acceptors (Lipinski definition) is 7. The van der Waals surface area contributed by atoms with Gasteiger partial charge in [-0.15, -0.1) is 24.0 Å². The van der Waals surface area contributed by atoms with E-state index in [9.17, 15) is 10.1 Å². The fourth-order valence-electron chi connectivity index (χ4n) is 3.25. The summed E-state index contributed by atoms with van der Waals surface area (Å²) in [6.45, 7) is 7.84. The molecule has 0 bridgehead atoms. The van der Waals surface area contributed by atoms with Gasteiger partial charge in [0.2, 0.25) is 5.95 Å². The number of benzene rings is 1. The van der Waals surface area contributed by atoms with Gasteiger partial charge in [-0.2, -0.15) is 0 Å². The molecule has 0 saturated carbocycles. The van der Waals surface area contributed by atoms with Crippen LogP contribution in [0.3, 0.4) is 0 Å². The van der Waals surface area contributed by atoms with Crippen LogP contribution in [-0.4, -0.2) is 71.7 Å². The highest BCUT2D eigenvalue weighted by molar-refractivity contribution is 14.0. The third-order valence-electron chi connectivity index (χ3n) is 4.93. The minimum absolute atomic E-state index is 0. The number of aromatic nitrogens is 2. The summed E-state index contributed by atoms with van der Waals surface area (Å²) in [5.41, 5.74) is 1.01. The number of anilines is 1. The van der Waals surface area contributed by atoms with Crippen LogP contribution in [0.5, 0.6) is 0 Å². The predicted molar refractivity (Wildman–Crippen MR) is 135 cm³/mol. The topological polar surface area (TPSA) is 109 Å². The molecule has 32 heavy (non-hydrogen) atoms. The Morgan fingerprint density at radius 1 is 1.19 bits per heavy atom. The summed E-state index contributed by atoms with van der Waals surface area (Å²) in [7, 11) is 0. The molecule has 1 aliphatic rings. The molecule has 11 heteroatoms. The number of piperazine rings is 1. The van der Waals surface area contributed by atoms with E-state index in [-0.39, 0.29) is 29.7 Å². The molecule has 3 rings (SSSR count). The zero-order chi connectivity index (χ0) is 21.9. The quantitative estimate of drug-likeness (QED) is 0.126. The maximum absolute atomic E-state index is 10.8. The Kier molecular flexibility index (Phi) is 11.1. The van der Waals surface area contributed by atoms with E-state index >= 15 is 0 Å². The van der Waals surface area contributed by atoms with Crippen molar-refractivity contribution in [3.63, 3.8) is 0 Å². The van der Waals surface area contributed by atoms with Gasteiger partial charge < -0.3 is 19.9 Å². The fraction of sp³-hybridized carbons (Fsp3) is 0.476. The number of nitrogens with zero attached hydrogens (tertiary/aromatic N) is 6. The van der Waals surface area contributed by atoms with Crippen molar-refractivity contribution in [2.75, 3.05) is 50.8 Å². The highest BCUT2D eigenvalue weighted by Crippen LogP contribution is 2.13. The van der Waals surface area contributed by atoms with E-state index in [1.165, 1.54) is 12.1 Å². The molecule has 2 heterocycles. The number of ether oxygens (including phenoxy) is 1. The second-order valence-electron chi connectivity index (χ2n) is 7.06. The number of guanidine groups is 1. The Morgan fingerprint density at radius 2 is 1.88 bits per heavy atom. The van der Waals surface area contributed by atoms with Gasteiger partial charge in [0.25, 0.3) is 5.69 Å². The van der Waals surface area contributed by atoms with Crippen molar-refractivity contribution in [3.8, 4) is 0 Å². The average molecular weight is 555 g/mol. The molecule has 2 aromatic rings. The van der Waals surface area contributed by atoms with Gasteiger partial charge >= 0.3 is 0 Å². The van der Waals surface area contributed by atoms with E-state index < -0.39 is 4.92 Å². The highest BCUT2D eigenvalue weighted by atomic mass is 127.